The molecule has 0 amide bonds. The molecule has 0 N–H and O–H groups in total. The summed E-state index contributed by atoms with van der Waals surface area (Å²) in [6.45, 7) is 1.39. The van der Waals surface area contributed by atoms with Crippen molar-refractivity contribution in [2.75, 3.05) is 20.3 Å². The standard InChI is InChI=1S/C12H12N2O6/c1-3-19-12(15)7-20-10-5-9(14(16)17)11(18-2)4-8(10)6-13/h4-5H,3,7H2,1-2H3. The van der Waals surface area contributed by atoms with Gasteiger partial charge in [0.1, 0.15) is 11.8 Å². The lowest BCUT2D eigenvalue weighted by atomic mass is 10.2. The van der Waals surface area contributed by atoms with E-state index in [4.69, 9.17) is 14.7 Å². The van der Waals surface area contributed by atoms with E-state index < -0.39 is 17.5 Å². The van der Waals surface area contributed by atoms with Crippen LogP contribution in [0.1, 0.15) is 12.5 Å². The lowest BCUT2D eigenvalue weighted by Gasteiger charge is -2.09. The van der Waals surface area contributed by atoms with Crippen LogP contribution in [-0.4, -0.2) is 31.2 Å². The number of nitrogens with zero attached hydrogens (tertiary/aromatic N) is 2. The topological polar surface area (TPSA) is 112 Å². The molecule has 0 aliphatic rings. The first-order valence-electron chi connectivity index (χ1n) is 5.58. The number of esters is 1. The molecule has 8 heteroatoms. The molecule has 0 saturated carbocycles. The predicted molar refractivity (Wildman–Crippen MR) is 66.5 cm³/mol. The second-order valence-electron chi connectivity index (χ2n) is 3.48. The number of nitriles is 1. The van der Waals surface area contributed by atoms with E-state index in [0.29, 0.717) is 0 Å². The zero-order chi connectivity index (χ0) is 15.1. The van der Waals surface area contributed by atoms with Gasteiger partial charge in [0.25, 0.3) is 0 Å². The number of hydrogen-bond donors (Lipinski definition) is 0. The molecule has 0 heterocycles. The summed E-state index contributed by atoms with van der Waals surface area (Å²) in [5.41, 5.74) is -0.331. The van der Waals surface area contributed by atoms with Crippen LogP contribution in [0.3, 0.4) is 0 Å². The molecule has 0 radical (unpaired) electrons. The molecule has 0 unspecified atom stereocenters. The van der Waals surface area contributed by atoms with Crippen LogP contribution in [0.2, 0.25) is 0 Å². The van der Waals surface area contributed by atoms with Crippen molar-refractivity contribution in [3.63, 3.8) is 0 Å². The largest absolute Gasteiger partial charge is 0.490 e. The van der Waals surface area contributed by atoms with Crippen LogP contribution in [0.15, 0.2) is 12.1 Å². The van der Waals surface area contributed by atoms with Gasteiger partial charge in [-0.3, -0.25) is 10.1 Å². The summed E-state index contributed by atoms with van der Waals surface area (Å²) in [6, 6.07) is 4.03. The van der Waals surface area contributed by atoms with Gasteiger partial charge in [-0.05, 0) is 6.92 Å². The van der Waals surface area contributed by atoms with Crippen LogP contribution in [-0.2, 0) is 9.53 Å². The van der Waals surface area contributed by atoms with E-state index >= 15 is 0 Å². The highest BCUT2D eigenvalue weighted by molar-refractivity contribution is 5.71. The van der Waals surface area contributed by atoms with E-state index in [0.717, 1.165) is 6.07 Å². The van der Waals surface area contributed by atoms with Crippen LogP contribution < -0.4 is 9.47 Å². The molecular formula is C12H12N2O6. The molecule has 8 nitrogen and oxygen atoms in total. The summed E-state index contributed by atoms with van der Waals surface area (Å²) in [7, 11) is 1.25. The number of rotatable bonds is 6. The molecule has 0 aliphatic carbocycles. The Balaban J connectivity index is 3.06. The quantitative estimate of drug-likeness (QED) is 0.440. The normalized spacial score (nSPS) is 9.45. The van der Waals surface area contributed by atoms with Crippen molar-refractivity contribution in [1.82, 2.24) is 0 Å². The number of carbonyl (C=O) groups is 1. The highest BCUT2D eigenvalue weighted by Crippen LogP contribution is 2.34. The minimum atomic E-state index is -0.669. The number of carbonyl (C=O) groups excluding carboxylic acids is 1. The summed E-state index contributed by atoms with van der Waals surface area (Å²) >= 11 is 0. The molecule has 0 bridgehead atoms. The van der Waals surface area contributed by atoms with E-state index in [2.05, 4.69) is 4.74 Å². The third-order valence-corrected chi connectivity index (χ3v) is 2.25. The molecule has 0 aliphatic heterocycles. The number of hydrogen-bond acceptors (Lipinski definition) is 7. The van der Waals surface area contributed by atoms with Gasteiger partial charge in [0.15, 0.2) is 12.4 Å². The molecule has 0 saturated heterocycles. The minimum Gasteiger partial charge on any atom is -0.490 e. The van der Waals surface area contributed by atoms with Gasteiger partial charge in [-0.1, -0.05) is 0 Å². The Kier molecular flexibility index (Phi) is 5.29. The fraction of sp³-hybridized carbons (Fsp3) is 0.333. The first-order valence-corrected chi connectivity index (χ1v) is 5.58. The third-order valence-electron chi connectivity index (χ3n) is 2.25. The molecule has 1 aromatic carbocycles. The van der Waals surface area contributed by atoms with Gasteiger partial charge in [0.2, 0.25) is 0 Å². The van der Waals surface area contributed by atoms with Gasteiger partial charge in [-0.25, -0.2) is 4.79 Å². The van der Waals surface area contributed by atoms with Gasteiger partial charge in [0.05, 0.1) is 30.3 Å². The van der Waals surface area contributed by atoms with Crippen LogP contribution in [0.25, 0.3) is 0 Å². The van der Waals surface area contributed by atoms with Crippen molar-refractivity contribution >= 4 is 11.7 Å². The Morgan fingerprint density at radius 3 is 2.65 bits per heavy atom. The summed E-state index contributed by atoms with van der Waals surface area (Å²) in [5, 5.41) is 19.8. The number of benzene rings is 1. The highest BCUT2D eigenvalue weighted by atomic mass is 16.6. The first-order chi connectivity index (χ1) is 9.53. The Morgan fingerprint density at radius 1 is 1.45 bits per heavy atom. The van der Waals surface area contributed by atoms with Gasteiger partial charge >= 0.3 is 11.7 Å². The lowest BCUT2D eigenvalue weighted by molar-refractivity contribution is -0.385. The van der Waals surface area contributed by atoms with Gasteiger partial charge < -0.3 is 14.2 Å². The van der Waals surface area contributed by atoms with E-state index in [9.17, 15) is 14.9 Å². The van der Waals surface area contributed by atoms with Crippen molar-refractivity contribution in [3.8, 4) is 17.6 Å². The predicted octanol–water partition coefficient (Wildman–Crippen LogP) is 1.42. The number of ether oxygens (including phenoxy) is 3. The maximum absolute atomic E-state index is 11.2. The maximum atomic E-state index is 11.2. The summed E-state index contributed by atoms with van der Waals surface area (Å²) in [5.74, 6) is -0.766. The Hall–Kier alpha value is -2.82. The van der Waals surface area contributed by atoms with Gasteiger partial charge in [-0.15, -0.1) is 0 Å². The average molecular weight is 280 g/mol. The van der Waals surface area contributed by atoms with Crippen LogP contribution in [0.5, 0.6) is 11.5 Å². The zero-order valence-corrected chi connectivity index (χ0v) is 10.9. The van der Waals surface area contributed by atoms with Crippen LogP contribution in [0.4, 0.5) is 5.69 Å². The monoisotopic (exact) mass is 280 g/mol. The SMILES string of the molecule is CCOC(=O)COc1cc([N+](=O)[O-])c(OC)cc1C#N. The van der Waals surface area contributed by atoms with Crippen LogP contribution >= 0.6 is 0 Å². The fourth-order valence-electron chi connectivity index (χ4n) is 1.40. The van der Waals surface area contributed by atoms with Crippen LogP contribution in [0, 0.1) is 21.4 Å². The number of nitro groups is 1. The van der Waals surface area contributed by atoms with E-state index in [1.807, 2.05) is 6.07 Å². The summed E-state index contributed by atoms with van der Waals surface area (Å²) < 4.78 is 14.6. The van der Waals surface area contributed by atoms with E-state index in [1.54, 1.807) is 6.92 Å². The Morgan fingerprint density at radius 2 is 2.15 bits per heavy atom. The molecule has 1 aromatic rings. The molecule has 0 spiro atoms. The Labute approximate surface area is 114 Å². The van der Waals surface area contributed by atoms with Crippen molar-refractivity contribution < 1.29 is 23.9 Å². The summed E-state index contributed by atoms with van der Waals surface area (Å²) in [6.07, 6.45) is 0. The number of nitro benzene ring substituents is 1. The molecule has 0 aromatic heterocycles. The zero-order valence-electron chi connectivity index (χ0n) is 10.9. The average Bonchev–Trinajstić information content (AvgIpc) is 2.44. The van der Waals surface area contributed by atoms with E-state index in [-0.39, 0.29) is 29.4 Å². The molecular weight excluding hydrogens is 268 g/mol. The molecule has 1 rings (SSSR count). The molecule has 0 atom stereocenters. The number of methoxy groups -OCH3 is 1. The second-order valence-corrected chi connectivity index (χ2v) is 3.48. The lowest BCUT2D eigenvalue weighted by Crippen LogP contribution is -2.15. The fourth-order valence-corrected chi connectivity index (χ4v) is 1.40. The highest BCUT2D eigenvalue weighted by Gasteiger charge is 2.20. The minimum absolute atomic E-state index is 0.0248. The molecule has 0 fully saturated rings. The Bertz CT molecular complexity index is 564. The van der Waals surface area contributed by atoms with Crippen molar-refractivity contribution in [3.05, 3.63) is 27.8 Å². The molecule has 20 heavy (non-hydrogen) atoms. The second kappa shape index (κ2) is 6.94. The molecule has 106 valence electrons. The van der Waals surface area contributed by atoms with Gasteiger partial charge in [0, 0.05) is 6.07 Å². The first kappa shape index (κ1) is 15.2. The smallest absolute Gasteiger partial charge is 0.344 e. The van der Waals surface area contributed by atoms with Gasteiger partial charge in [-0.2, -0.15) is 5.26 Å². The maximum Gasteiger partial charge on any atom is 0.344 e. The van der Waals surface area contributed by atoms with Crippen molar-refractivity contribution in [2.24, 2.45) is 0 Å². The van der Waals surface area contributed by atoms with Crippen molar-refractivity contribution in [1.29, 1.82) is 5.26 Å². The third kappa shape index (κ3) is 3.58. The summed E-state index contributed by atoms with van der Waals surface area (Å²) in [4.78, 5) is 21.4. The van der Waals surface area contributed by atoms with Crippen molar-refractivity contribution in [2.45, 2.75) is 6.92 Å². The van der Waals surface area contributed by atoms with E-state index in [1.165, 1.54) is 13.2 Å².